The second kappa shape index (κ2) is 7.98. The predicted molar refractivity (Wildman–Crippen MR) is 97.9 cm³/mol. The molecule has 1 aliphatic carbocycles. The van der Waals surface area contributed by atoms with Crippen LogP contribution in [0.2, 0.25) is 0 Å². The van der Waals surface area contributed by atoms with Crippen molar-refractivity contribution in [1.82, 2.24) is 9.97 Å². The number of anilines is 1. The summed E-state index contributed by atoms with van der Waals surface area (Å²) >= 11 is 0. The molecule has 1 heterocycles. The van der Waals surface area contributed by atoms with Crippen molar-refractivity contribution in [2.75, 3.05) is 11.4 Å². The topological polar surface area (TPSA) is 62.0 Å². The van der Waals surface area contributed by atoms with Crippen LogP contribution in [-0.2, 0) is 0 Å². The minimum Gasteiger partial charge on any atom is -0.437 e. The fraction of sp³-hybridized carbons (Fsp3) is 0.450. The number of aryl methyl sites for hydroxylation is 1. The molecule has 1 aromatic heterocycles. The van der Waals surface area contributed by atoms with E-state index in [1.165, 1.54) is 32.1 Å². The van der Waals surface area contributed by atoms with Gasteiger partial charge in [-0.15, -0.1) is 0 Å². The van der Waals surface area contributed by atoms with Gasteiger partial charge in [0.1, 0.15) is 11.8 Å². The molecule has 0 unspecified atom stereocenters. The van der Waals surface area contributed by atoms with Crippen molar-refractivity contribution in [2.45, 2.75) is 52.0 Å². The largest absolute Gasteiger partial charge is 0.437 e. The average molecular weight is 336 g/mol. The minimum absolute atomic E-state index is 0.486. The van der Waals surface area contributed by atoms with Gasteiger partial charge in [0.25, 0.3) is 0 Å². The highest BCUT2D eigenvalue weighted by atomic mass is 16.5. The van der Waals surface area contributed by atoms with Crippen molar-refractivity contribution in [2.24, 2.45) is 0 Å². The predicted octanol–water partition coefficient (Wildman–Crippen LogP) is 4.61. The molecule has 0 radical (unpaired) electrons. The molecule has 3 rings (SSSR count). The Kier molecular flexibility index (Phi) is 5.49. The summed E-state index contributed by atoms with van der Waals surface area (Å²) in [6.07, 6.45) is 6.25. The standard InChI is InChI=1S/C20H24N4O/c1-3-24(17-10-5-4-6-11-17)20-22-15(2)13-19(23-20)25-18-12-8-7-9-16(18)14-21/h7-9,12-13,17H,3-6,10-11H2,1-2H3. The first-order chi connectivity index (χ1) is 12.2. The lowest BCUT2D eigenvalue weighted by Crippen LogP contribution is -2.38. The fourth-order valence-electron chi connectivity index (χ4n) is 3.42. The minimum atomic E-state index is 0.486. The Morgan fingerprint density at radius 2 is 1.96 bits per heavy atom. The molecule has 2 aromatic rings. The van der Waals surface area contributed by atoms with Crippen LogP contribution in [0.15, 0.2) is 30.3 Å². The van der Waals surface area contributed by atoms with Gasteiger partial charge in [0, 0.05) is 24.3 Å². The van der Waals surface area contributed by atoms with E-state index in [1.54, 1.807) is 12.1 Å². The summed E-state index contributed by atoms with van der Waals surface area (Å²) in [5, 5.41) is 9.23. The Hall–Kier alpha value is -2.61. The van der Waals surface area contributed by atoms with Crippen molar-refractivity contribution >= 4 is 5.95 Å². The van der Waals surface area contributed by atoms with Crippen LogP contribution in [0.4, 0.5) is 5.95 Å². The molecule has 5 nitrogen and oxygen atoms in total. The Morgan fingerprint density at radius 1 is 1.20 bits per heavy atom. The number of rotatable bonds is 5. The van der Waals surface area contributed by atoms with E-state index >= 15 is 0 Å². The first-order valence-electron chi connectivity index (χ1n) is 9.00. The maximum absolute atomic E-state index is 9.23. The number of para-hydroxylation sites is 1. The van der Waals surface area contributed by atoms with Crippen molar-refractivity contribution in [1.29, 1.82) is 5.26 Å². The zero-order chi connectivity index (χ0) is 17.6. The summed E-state index contributed by atoms with van der Waals surface area (Å²) < 4.78 is 5.90. The second-order valence-corrected chi connectivity index (χ2v) is 6.44. The van der Waals surface area contributed by atoms with Gasteiger partial charge in [0.15, 0.2) is 0 Å². The maximum Gasteiger partial charge on any atom is 0.229 e. The number of hydrogen-bond donors (Lipinski definition) is 0. The Labute approximate surface area is 149 Å². The van der Waals surface area contributed by atoms with Gasteiger partial charge in [-0.3, -0.25) is 0 Å². The number of nitrogens with zero attached hydrogens (tertiary/aromatic N) is 4. The van der Waals surface area contributed by atoms with Gasteiger partial charge in [-0.25, -0.2) is 4.98 Å². The number of aromatic nitrogens is 2. The molecule has 1 aromatic carbocycles. The highest BCUT2D eigenvalue weighted by Crippen LogP contribution is 2.28. The van der Waals surface area contributed by atoms with Crippen LogP contribution in [0.25, 0.3) is 0 Å². The first kappa shape index (κ1) is 17.2. The third-order valence-corrected chi connectivity index (χ3v) is 4.65. The van der Waals surface area contributed by atoms with E-state index in [2.05, 4.69) is 27.9 Å². The van der Waals surface area contributed by atoms with Gasteiger partial charge in [0.05, 0.1) is 5.56 Å². The molecule has 0 N–H and O–H groups in total. The third-order valence-electron chi connectivity index (χ3n) is 4.65. The molecule has 0 spiro atoms. The number of nitriles is 1. The van der Waals surface area contributed by atoms with Crippen LogP contribution in [0, 0.1) is 18.3 Å². The van der Waals surface area contributed by atoms with E-state index in [9.17, 15) is 5.26 Å². The summed E-state index contributed by atoms with van der Waals surface area (Å²) in [6.45, 7) is 4.97. The molecular formula is C20H24N4O. The summed E-state index contributed by atoms with van der Waals surface area (Å²) in [4.78, 5) is 11.6. The Balaban J connectivity index is 1.88. The van der Waals surface area contributed by atoms with Crippen molar-refractivity contribution < 1.29 is 4.74 Å². The van der Waals surface area contributed by atoms with Gasteiger partial charge in [-0.1, -0.05) is 31.4 Å². The summed E-state index contributed by atoms with van der Waals surface area (Å²) in [7, 11) is 0. The summed E-state index contributed by atoms with van der Waals surface area (Å²) in [6, 6.07) is 11.7. The zero-order valence-corrected chi connectivity index (χ0v) is 14.9. The third kappa shape index (κ3) is 4.08. The molecule has 0 atom stereocenters. The highest BCUT2D eigenvalue weighted by molar-refractivity contribution is 5.45. The molecule has 1 aliphatic rings. The molecule has 5 heteroatoms. The molecule has 0 aliphatic heterocycles. The first-order valence-corrected chi connectivity index (χ1v) is 9.00. The van der Waals surface area contributed by atoms with Crippen LogP contribution in [0.5, 0.6) is 11.6 Å². The van der Waals surface area contributed by atoms with E-state index in [0.29, 0.717) is 23.2 Å². The molecule has 1 saturated carbocycles. The Morgan fingerprint density at radius 3 is 2.68 bits per heavy atom. The molecule has 0 saturated heterocycles. The van der Waals surface area contributed by atoms with E-state index in [-0.39, 0.29) is 0 Å². The fourth-order valence-corrected chi connectivity index (χ4v) is 3.42. The van der Waals surface area contributed by atoms with E-state index in [4.69, 9.17) is 4.74 Å². The number of hydrogen-bond acceptors (Lipinski definition) is 5. The van der Waals surface area contributed by atoms with Gasteiger partial charge in [-0.2, -0.15) is 10.2 Å². The second-order valence-electron chi connectivity index (χ2n) is 6.44. The van der Waals surface area contributed by atoms with Crippen LogP contribution >= 0.6 is 0 Å². The highest BCUT2D eigenvalue weighted by Gasteiger charge is 2.23. The summed E-state index contributed by atoms with van der Waals surface area (Å²) in [5.41, 5.74) is 1.36. The molecule has 130 valence electrons. The van der Waals surface area contributed by atoms with E-state index in [0.717, 1.165) is 18.2 Å². The van der Waals surface area contributed by atoms with Crippen molar-refractivity contribution in [3.8, 4) is 17.7 Å². The summed E-state index contributed by atoms with van der Waals surface area (Å²) in [5.74, 6) is 1.73. The molecule has 25 heavy (non-hydrogen) atoms. The van der Waals surface area contributed by atoms with Crippen LogP contribution < -0.4 is 9.64 Å². The Bertz CT molecular complexity index is 763. The van der Waals surface area contributed by atoms with Crippen molar-refractivity contribution in [3.63, 3.8) is 0 Å². The van der Waals surface area contributed by atoms with Crippen molar-refractivity contribution in [3.05, 3.63) is 41.6 Å². The molecule has 0 amide bonds. The van der Waals surface area contributed by atoms with Crippen LogP contribution in [0.3, 0.4) is 0 Å². The monoisotopic (exact) mass is 336 g/mol. The van der Waals surface area contributed by atoms with E-state index < -0.39 is 0 Å². The van der Waals surface area contributed by atoms with Gasteiger partial charge >= 0.3 is 0 Å². The SMILES string of the molecule is CCN(c1nc(C)cc(Oc2ccccc2C#N)n1)C1CCCCC1. The van der Waals surface area contributed by atoms with Gasteiger partial charge in [0.2, 0.25) is 11.8 Å². The number of benzene rings is 1. The van der Waals surface area contributed by atoms with Crippen LogP contribution in [-0.4, -0.2) is 22.6 Å². The lowest BCUT2D eigenvalue weighted by molar-refractivity contribution is 0.410. The normalized spacial score (nSPS) is 14.8. The van der Waals surface area contributed by atoms with Gasteiger partial charge in [-0.05, 0) is 38.8 Å². The smallest absolute Gasteiger partial charge is 0.229 e. The van der Waals surface area contributed by atoms with E-state index in [1.807, 2.05) is 25.1 Å². The van der Waals surface area contributed by atoms with Crippen LogP contribution in [0.1, 0.15) is 50.3 Å². The lowest BCUT2D eigenvalue weighted by atomic mass is 9.94. The zero-order valence-electron chi connectivity index (χ0n) is 14.9. The average Bonchev–Trinajstić information content (AvgIpc) is 2.63. The molecule has 0 bridgehead atoms. The molecule has 1 fully saturated rings. The van der Waals surface area contributed by atoms with Gasteiger partial charge < -0.3 is 9.64 Å². The maximum atomic E-state index is 9.23. The number of ether oxygens (including phenoxy) is 1. The quantitative estimate of drug-likeness (QED) is 0.798. The molecular weight excluding hydrogens is 312 g/mol. The lowest BCUT2D eigenvalue weighted by Gasteiger charge is -2.33.